The zero-order valence-electron chi connectivity index (χ0n) is 32.1. The van der Waals surface area contributed by atoms with Crippen molar-refractivity contribution in [2.24, 2.45) is 46.3 Å². The summed E-state index contributed by atoms with van der Waals surface area (Å²) in [7, 11) is -7.03. The van der Waals surface area contributed by atoms with Gasteiger partial charge in [-0.05, 0) is 176 Å². The molecule has 0 spiro atoms. The molecule has 262 valence electrons. The predicted molar refractivity (Wildman–Crippen MR) is 198 cm³/mol. The molecular weight excluding hydrogens is 625 g/mol. The Morgan fingerprint density at radius 2 is 1.33 bits per heavy atom. The lowest BCUT2D eigenvalue weighted by molar-refractivity contribution is -0.199. The number of hydrogen-bond acceptors (Lipinski definition) is 5. The summed E-state index contributed by atoms with van der Waals surface area (Å²) in [4.78, 5) is 12.8. The van der Waals surface area contributed by atoms with Crippen molar-refractivity contribution in [1.29, 1.82) is 0 Å². The van der Waals surface area contributed by atoms with Gasteiger partial charge in [-0.3, -0.25) is 4.79 Å². The first-order chi connectivity index (χ1) is 20.3. The largest absolute Gasteiger partial charge is 0.520 e. The Hall–Kier alpha value is 0.218. The van der Waals surface area contributed by atoms with E-state index in [1.807, 2.05) is 0 Å². The molecule has 11 unspecified atom stereocenters. The van der Waals surface area contributed by atoms with E-state index in [9.17, 15) is 4.79 Å². The van der Waals surface area contributed by atoms with Crippen LogP contribution in [0.2, 0.25) is 78.6 Å². The van der Waals surface area contributed by atoms with Crippen molar-refractivity contribution < 1.29 is 22.5 Å². The van der Waals surface area contributed by atoms with Gasteiger partial charge < -0.3 is 17.7 Å². The highest BCUT2D eigenvalue weighted by Crippen LogP contribution is 2.69. The van der Waals surface area contributed by atoms with Crippen molar-refractivity contribution in [2.45, 2.75) is 175 Å². The van der Waals surface area contributed by atoms with Crippen LogP contribution in [0, 0.1) is 46.3 Å². The van der Waals surface area contributed by atoms with Gasteiger partial charge in [-0.15, -0.1) is 0 Å². The second-order valence-corrected chi connectivity index (χ2v) is 38.0. The van der Waals surface area contributed by atoms with Crippen LogP contribution in [0.5, 0.6) is 0 Å². The first-order valence-corrected chi connectivity index (χ1v) is 32.2. The molecule has 4 saturated carbocycles. The number of hydrogen-bond donors (Lipinski definition) is 0. The second-order valence-electron chi connectivity index (χ2n) is 20.2. The van der Waals surface area contributed by atoms with Gasteiger partial charge in [0.25, 0.3) is 5.97 Å². The molecule has 11 atom stereocenters. The van der Waals surface area contributed by atoms with Crippen molar-refractivity contribution in [2.75, 3.05) is 0 Å². The third-order valence-corrected chi connectivity index (χ3v) is 16.1. The minimum Gasteiger partial charge on any atom is -0.520 e. The molecule has 45 heavy (non-hydrogen) atoms. The molecule has 4 rings (SSSR count). The first kappa shape index (κ1) is 38.0. The Balaban J connectivity index is 1.68. The molecule has 4 aliphatic carbocycles. The average Bonchev–Trinajstić information content (AvgIpc) is 3.18. The lowest BCUT2D eigenvalue weighted by Gasteiger charge is -2.66. The van der Waals surface area contributed by atoms with Crippen LogP contribution in [0.25, 0.3) is 0 Å². The zero-order chi connectivity index (χ0) is 34.0. The lowest BCUT2D eigenvalue weighted by atomic mass is 9.43. The average molecular weight is 697 g/mol. The van der Waals surface area contributed by atoms with Crippen molar-refractivity contribution in [1.82, 2.24) is 0 Å². The van der Waals surface area contributed by atoms with Crippen LogP contribution in [-0.2, 0) is 22.5 Å². The highest BCUT2D eigenvalue weighted by atomic mass is 28.4. The molecule has 5 nitrogen and oxygen atoms in total. The van der Waals surface area contributed by atoms with Gasteiger partial charge in [0, 0.05) is 18.6 Å². The predicted octanol–water partition coefficient (Wildman–Crippen LogP) is 10.3. The minimum atomic E-state index is -1.87. The van der Waals surface area contributed by atoms with Gasteiger partial charge in [0.2, 0.25) is 8.32 Å². The van der Waals surface area contributed by atoms with Gasteiger partial charge in [-0.1, -0.05) is 20.8 Å². The summed E-state index contributed by atoms with van der Waals surface area (Å²) >= 11 is 0. The summed E-state index contributed by atoms with van der Waals surface area (Å²) in [6.45, 7) is 35.4. The number of fused-ring (bicyclic) bond motifs is 5. The van der Waals surface area contributed by atoms with Crippen LogP contribution < -0.4 is 0 Å². The molecule has 0 amide bonds. The summed E-state index contributed by atoms with van der Waals surface area (Å²) < 4.78 is 27.3. The van der Waals surface area contributed by atoms with Crippen molar-refractivity contribution in [3.8, 4) is 0 Å². The molecule has 0 aromatic carbocycles. The van der Waals surface area contributed by atoms with Gasteiger partial charge in [0.1, 0.15) is 0 Å². The highest BCUT2D eigenvalue weighted by molar-refractivity contribution is 6.71. The Labute approximate surface area is 282 Å². The van der Waals surface area contributed by atoms with E-state index < -0.39 is 33.3 Å². The topological polar surface area (TPSA) is 54.0 Å². The van der Waals surface area contributed by atoms with Crippen LogP contribution in [0.1, 0.15) is 78.6 Å². The number of carbonyl (C=O) groups excluding carboxylic acids is 1. The standard InChI is InChI=1S/C36H72O5Si4/c1-25(16-19-33(37)41-45(13,14)15)28-17-18-29-34-30(24-32(36(28,29)3)40-44(10,11)12)35(2)21-20-27(38-42(4,5)6)22-26(35)23-31(34)39-43(7,8)9/h25-32,34H,16-24H2,1-15H3. The van der Waals surface area contributed by atoms with Gasteiger partial charge in [-0.25, -0.2) is 0 Å². The van der Waals surface area contributed by atoms with Crippen LogP contribution in [0.4, 0.5) is 0 Å². The van der Waals surface area contributed by atoms with Crippen LogP contribution in [0.15, 0.2) is 0 Å². The van der Waals surface area contributed by atoms with Crippen molar-refractivity contribution in [3.05, 3.63) is 0 Å². The van der Waals surface area contributed by atoms with Crippen LogP contribution in [0.3, 0.4) is 0 Å². The molecule has 0 aliphatic heterocycles. The molecule has 0 bridgehead atoms. The summed E-state index contributed by atoms with van der Waals surface area (Å²) in [6, 6.07) is 0. The summed E-state index contributed by atoms with van der Waals surface area (Å²) in [5.41, 5.74) is 0.419. The third-order valence-electron chi connectivity index (χ3n) is 12.2. The van der Waals surface area contributed by atoms with E-state index in [1.54, 1.807) is 0 Å². The monoisotopic (exact) mass is 696 g/mol. The molecule has 0 N–H and O–H groups in total. The van der Waals surface area contributed by atoms with E-state index in [1.165, 1.54) is 44.9 Å². The molecule has 0 heterocycles. The summed E-state index contributed by atoms with van der Waals surface area (Å²) in [5.74, 6) is 3.51. The maximum atomic E-state index is 12.8. The summed E-state index contributed by atoms with van der Waals surface area (Å²) in [6.07, 6.45) is 11.0. The van der Waals surface area contributed by atoms with Gasteiger partial charge in [0.15, 0.2) is 25.0 Å². The van der Waals surface area contributed by atoms with Crippen LogP contribution >= 0.6 is 0 Å². The number of carbonyl (C=O) groups is 1. The van der Waals surface area contributed by atoms with E-state index in [2.05, 4.69) is 99.3 Å². The highest BCUT2D eigenvalue weighted by Gasteiger charge is 2.67. The van der Waals surface area contributed by atoms with E-state index in [4.69, 9.17) is 17.7 Å². The van der Waals surface area contributed by atoms with E-state index in [-0.39, 0.29) is 17.5 Å². The molecule has 9 heteroatoms. The molecule has 0 saturated heterocycles. The fraction of sp³-hybridized carbons (Fsp3) is 0.972. The Bertz CT molecular complexity index is 1040. The maximum Gasteiger partial charge on any atom is 0.292 e. The molecule has 0 aromatic heterocycles. The van der Waals surface area contributed by atoms with E-state index in [0.29, 0.717) is 59.6 Å². The SMILES string of the molecule is CC(CCC(=O)O[Si](C)(C)C)C1CCC2C3C(O[Si](C)(C)C)CC4CC(O[Si](C)(C)C)CCC4(C)C3CC(O[Si](C)(C)C)C12C. The molecular formula is C36H72O5Si4. The van der Waals surface area contributed by atoms with E-state index in [0.717, 1.165) is 6.42 Å². The minimum absolute atomic E-state index is 0.00267. The Morgan fingerprint density at radius 3 is 1.89 bits per heavy atom. The maximum absolute atomic E-state index is 12.8. The zero-order valence-corrected chi connectivity index (χ0v) is 36.1. The molecule has 4 aliphatic rings. The molecule has 0 radical (unpaired) electrons. The third kappa shape index (κ3) is 8.88. The van der Waals surface area contributed by atoms with Gasteiger partial charge >= 0.3 is 0 Å². The summed E-state index contributed by atoms with van der Waals surface area (Å²) in [5, 5.41) is 0. The van der Waals surface area contributed by atoms with Crippen molar-refractivity contribution >= 4 is 39.2 Å². The Kier molecular flexibility index (Phi) is 11.1. The first-order valence-electron chi connectivity index (χ1n) is 18.6. The number of rotatable bonds is 11. The lowest BCUT2D eigenvalue weighted by Crippen LogP contribution is -2.64. The fourth-order valence-electron chi connectivity index (χ4n) is 10.8. The van der Waals surface area contributed by atoms with Crippen molar-refractivity contribution in [3.63, 3.8) is 0 Å². The molecule has 0 aromatic rings. The smallest absolute Gasteiger partial charge is 0.292 e. The van der Waals surface area contributed by atoms with Gasteiger partial charge in [-0.2, -0.15) is 0 Å². The molecule has 4 fully saturated rings. The fourth-order valence-corrected chi connectivity index (χ4v) is 15.2. The quantitative estimate of drug-likeness (QED) is 0.201. The normalized spacial score (nSPS) is 39.9. The Morgan fingerprint density at radius 1 is 0.733 bits per heavy atom. The van der Waals surface area contributed by atoms with E-state index >= 15 is 0 Å². The second kappa shape index (κ2) is 13.2. The van der Waals surface area contributed by atoms with Crippen LogP contribution in [-0.4, -0.2) is 57.6 Å². The van der Waals surface area contributed by atoms with Gasteiger partial charge in [0.05, 0.1) is 6.10 Å².